The molecular formula is C18H14N4O3. The molecule has 2 aromatic carbocycles. The number of cyclic esters (lactones) is 1. The van der Waals surface area contributed by atoms with Gasteiger partial charge in [0.05, 0.1) is 5.56 Å². The standard InChI is InChI=1S/C18H14N4O3/c23-16(21-18-19-10-20-22-18)12-6-7-14-13(8-12)9-15(25-17(14)24)11-4-2-1-3-5-11/h1-8,10,15H,9H2,(H2,19,20,21,22,23)/t15-/m0/s1. The molecule has 0 bridgehead atoms. The van der Waals surface area contributed by atoms with Gasteiger partial charge in [0.15, 0.2) is 0 Å². The van der Waals surface area contributed by atoms with Gasteiger partial charge < -0.3 is 4.74 Å². The van der Waals surface area contributed by atoms with Crippen LogP contribution in [-0.2, 0) is 11.2 Å². The summed E-state index contributed by atoms with van der Waals surface area (Å²) in [5.74, 6) is -0.434. The van der Waals surface area contributed by atoms with E-state index in [0.717, 1.165) is 11.1 Å². The Balaban J connectivity index is 1.61. The molecule has 0 unspecified atom stereocenters. The number of esters is 1. The van der Waals surface area contributed by atoms with E-state index in [9.17, 15) is 9.59 Å². The first-order valence-corrected chi connectivity index (χ1v) is 7.76. The number of aromatic amines is 1. The molecule has 4 rings (SSSR count). The van der Waals surface area contributed by atoms with Crippen LogP contribution in [0.25, 0.3) is 0 Å². The lowest BCUT2D eigenvalue weighted by molar-refractivity contribution is 0.0252. The largest absolute Gasteiger partial charge is 0.454 e. The Hall–Kier alpha value is -3.48. The average Bonchev–Trinajstić information content (AvgIpc) is 3.15. The summed E-state index contributed by atoms with van der Waals surface area (Å²) >= 11 is 0. The van der Waals surface area contributed by atoms with E-state index in [1.165, 1.54) is 6.33 Å². The van der Waals surface area contributed by atoms with Crippen LogP contribution in [0.4, 0.5) is 5.95 Å². The highest BCUT2D eigenvalue weighted by atomic mass is 16.5. The van der Waals surface area contributed by atoms with E-state index < -0.39 is 0 Å². The van der Waals surface area contributed by atoms with E-state index >= 15 is 0 Å². The number of anilines is 1. The van der Waals surface area contributed by atoms with Gasteiger partial charge in [0.2, 0.25) is 5.95 Å². The normalized spacial score (nSPS) is 16.0. The molecule has 25 heavy (non-hydrogen) atoms. The molecule has 0 saturated heterocycles. The number of amides is 1. The van der Waals surface area contributed by atoms with Gasteiger partial charge in [-0.2, -0.15) is 10.1 Å². The van der Waals surface area contributed by atoms with Crippen molar-refractivity contribution >= 4 is 17.8 Å². The molecule has 0 radical (unpaired) electrons. The Morgan fingerprint density at radius 1 is 1.20 bits per heavy atom. The number of rotatable bonds is 3. The van der Waals surface area contributed by atoms with Gasteiger partial charge in [-0.05, 0) is 29.3 Å². The molecule has 1 aliphatic heterocycles. The van der Waals surface area contributed by atoms with E-state index in [-0.39, 0.29) is 23.9 Å². The minimum absolute atomic E-state index is 0.268. The maximum absolute atomic E-state index is 12.3. The molecular weight excluding hydrogens is 320 g/mol. The summed E-state index contributed by atoms with van der Waals surface area (Å²) in [6.45, 7) is 0. The van der Waals surface area contributed by atoms with Gasteiger partial charge in [0, 0.05) is 12.0 Å². The summed E-state index contributed by atoms with van der Waals surface area (Å²) in [7, 11) is 0. The second-order valence-corrected chi connectivity index (χ2v) is 5.67. The molecule has 1 atom stereocenters. The minimum atomic E-state index is -0.378. The average molecular weight is 334 g/mol. The quantitative estimate of drug-likeness (QED) is 0.717. The number of H-pyrrole nitrogens is 1. The van der Waals surface area contributed by atoms with E-state index in [1.54, 1.807) is 18.2 Å². The zero-order valence-electron chi connectivity index (χ0n) is 13.1. The highest BCUT2D eigenvalue weighted by molar-refractivity contribution is 6.04. The van der Waals surface area contributed by atoms with E-state index in [2.05, 4.69) is 20.5 Å². The third kappa shape index (κ3) is 2.99. The third-order valence-corrected chi connectivity index (χ3v) is 4.06. The first kappa shape index (κ1) is 15.1. The number of aromatic nitrogens is 3. The fraction of sp³-hybridized carbons (Fsp3) is 0.111. The first-order chi connectivity index (χ1) is 12.2. The molecule has 1 aliphatic rings. The molecule has 0 saturated carbocycles. The number of carbonyl (C=O) groups is 2. The van der Waals surface area contributed by atoms with Crippen LogP contribution in [0.2, 0.25) is 0 Å². The molecule has 7 heteroatoms. The molecule has 0 aliphatic carbocycles. The van der Waals surface area contributed by atoms with Crippen molar-refractivity contribution in [2.75, 3.05) is 5.32 Å². The Labute approximate surface area is 143 Å². The zero-order valence-corrected chi connectivity index (χ0v) is 13.1. The first-order valence-electron chi connectivity index (χ1n) is 7.76. The van der Waals surface area contributed by atoms with Gasteiger partial charge in [-0.1, -0.05) is 30.3 Å². The second kappa shape index (κ2) is 6.20. The fourth-order valence-electron chi connectivity index (χ4n) is 2.84. The van der Waals surface area contributed by atoms with Crippen molar-refractivity contribution in [1.82, 2.24) is 15.2 Å². The Morgan fingerprint density at radius 3 is 2.80 bits per heavy atom. The van der Waals surface area contributed by atoms with Crippen molar-refractivity contribution < 1.29 is 14.3 Å². The van der Waals surface area contributed by atoms with Crippen molar-refractivity contribution in [3.63, 3.8) is 0 Å². The van der Waals surface area contributed by atoms with Crippen LogP contribution in [0.5, 0.6) is 0 Å². The van der Waals surface area contributed by atoms with Gasteiger partial charge in [-0.15, -0.1) is 0 Å². The lowest BCUT2D eigenvalue weighted by Crippen LogP contribution is -2.23. The summed E-state index contributed by atoms with van der Waals surface area (Å²) in [4.78, 5) is 28.4. The van der Waals surface area contributed by atoms with Crippen molar-refractivity contribution in [3.8, 4) is 0 Å². The summed E-state index contributed by atoms with van der Waals surface area (Å²) in [6, 6.07) is 14.5. The molecule has 3 aromatic rings. The Kier molecular flexibility index (Phi) is 3.74. The number of benzene rings is 2. The smallest absolute Gasteiger partial charge is 0.339 e. The molecule has 0 spiro atoms. The predicted octanol–water partition coefficient (Wildman–Crippen LogP) is 2.51. The van der Waals surface area contributed by atoms with Crippen LogP contribution < -0.4 is 5.32 Å². The number of nitrogens with one attached hydrogen (secondary N) is 2. The number of carbonyl (C=O) groups excluding carboxylic acids is 2. The third-order valence-electron chi connectivity index (χ3n) is 4.06. The SMILES string of the molecule is O=C(Nc1ncn[nH]1)c1ccc2c(c1)C[C@@H](c1ccccc1)OC2=O. The van der Waals surface area contributed by atoms with Crippen LogP contribution in [-0.4, -0.2) is 27.1 Å². The van der Waals surface area contributed by atoms with Gasteiger partial charge in [0.1, 0.15) is 12.4 Å². The second-order valence-electron chi connectivity index (χ2n) is 5.67. The van der Waals surface area contributed by atoms with Gasteiger partial charge in [-0.25, -0.2) is 9.89 Å². The monoisotopic (exact) mass is 334 g/mol. The highest BCUT2D eigenvalue weighted by Gasteiger charge is 2.28. The highest BCUT2D eigenvalue weighted by Crippen LogP contribution is 2.31. The molecule has 124 valence electrons. The van der Waals surface area contributed by atoms with Crippen LogP contribution in [0.1, 0.15) is 37.9 Å². The molecule has 1 amide bonds. The summed E-state index contributed by atoms with van der Waals surface area (Å²) in [5.41, 5.74) is 2.65. The number of fused-ring (bicyclic) bond motifs is 1. The van der Waals surface area contributed by atoms with Crippen molar-refractivity contribution in [1.29, 1.82) is 0 Å². The van der Waals surface area contributed by atoms with Crippen molar-refractivity contribution in [2.45, 2.75) is 12.5 Å². The predicted molar refractivity (Wildman–Crippen MR) is 89.1 cm³/mol. The fourth-order valence-corrected chi connectivity index (χ4v) is 2.84. The lowest BCUT2D eigenvalue weighted by atomic mass is 9.93. The Morgan fingerprint density at radius 2 is 2.04 bits per heavy atom. The molecule has 1 aromatic heterocycles. The maximum Gasteiger partial charge on any atom is 0.339 e. The van der Waals surface area contributed by atoms with Crippen molar-refractivity contribution in [2.24, 2.45) is 0 Å². The minimum Gasteiger partial charge on any atom is -0.454 e. The van der Waals surface area contributed by atoms with Crippen LogP contribution >= 0.6 is 0 Å². The van der Waals surface area contributed by atoms with Crippen LogP contribution in [0.3, 0.4) is 0 Å². The maximum atomic E-state index is 12.3. The lowest BCUT2D eigenvalue weighted by Gasteiger charge is -2.25. The topological polar surface area (TPSA) is 97.0 Å². The van der Waals surface area contributed by atoms with E-state index in [4.69, 9.17) is 4.74 Å². The number of ether oxygens (including phenoxy) is 1. The van der Waals surface area contributed by atoms with Gasteiger partial charge >= 0.3 is 5.97 Å². The Bertz CT molecular complexity index is 923. The van der Waals surface area contributed by atoms with Gasteiger partial charge in [0.25, 0.3) is 5.91 Å². The van der Waals surface area contributed by atoms with Gasteiger partial charge in [-0.3, -0.25) is 10.1 Å². The summed E-state index contributed by atoms with van der Waals surface area (Å²) in [6.07, 6.45) is 1.48. The summed E-state index contributed by atoms with van der Waals surface area (Å²) in [5, 5.41) is 8.86. The molecule has 7 nitrogen and oxygen atoms in total. The summed E-state index contributed by atoms with van der Waals surface area (Å²) < 4.78 is 5.52. The zero-order chi connectivity index (χ0) is 17.2. The number of nitrogens with zero attached hydrogens (tertiary/aromatic N) is 2. The molecule has 2 heterocycles. The number of hydrogen-bond donors (Lipinski definition) is 2. The van der Waals surface area contributed by atoms with Crippen LogP contribution in [0, 0.1) is 0 Å². The molecule has 2 N–H and O–H groups in total. The van der Waals surface area contributed by atoms with E-state index in [0.29, 0.717) is 17.5 Å². The van der Waals surface area contributed by atoms with Crippen LogP contribution in [0.15, 0.2) is 54.9 Å². The number of hydrogen-bond acceptors (Lipinski definition) is 5. The van der Waals surface area contributed by atoms with Crippen molar-refractivity contribution in [3.05, 3.63) is 77.1 Å². The molecule has 0 fully saturated rings. The van der Waals surface area contributed by atoms with E-state index in [1.807, 2.05) is 30.3 Å².